The topological polar surface area (TPSA) is 3.24 Å². The van der Waals surface area contributed by atoms with Crippen LogP contribution in [-0.2, 0) is 0 Å². The Morgan fingerprint density at radius 2 is 1.78 bits per heavy atom. The van der Waals surface area contributed by atoms with Crippen molar-refractivity contribution in [2.75, 3.05) is 13.1 Å². The molecule has 0 saturated heterocycles. The van der Waals surface area contributed by atoms with Crippen molar-refractivity contribution in [3.8, 4) is 11.8 Å². The summed E-state index contributed by atoms with van der Waals surface area (Å²) in [6.07, 6.45) is 12.0. The van der Waals surface area contributed by atoms with Gasteiger partial charge in [0.1, 0.15) is 0 Å². The van der Waals surface area contributed by atoms with Crippen LogP contribution in [0, 0.1) is 17.3 Å². The minimum Gasteiger partial charge on any atom is -0.290 e. The maximum Gasteiger partial charge on any atom is 0.0607 e. The van der Waals surface area contributed by atoms with Crippen molar-refractivity contribution in [1.29, 1.82) is 0 Å². The quantitative estimate of drug-likeness (QED) is 0.503. The lowest BCUT2D eigenvalue weighted by Gasteiger charge is -2.34. The van der Waals surface area contributed by atoms with Gasteiger partial charge in [0.25, 0.3) is 0 Å². The van der Waals surface area contributed by atoms with Gasteiger partial charge in [0.15, 0.2) is 0 Å². The predicted molar refractivity (Wildman–Crippen MR) is 117 cm³/mol. The molecule has 0 N–H and O–H groups in total. The van der Waals surface area contributed by atoms with E-state index in [1.165, 1.54) is 63.4 Å². The Morgan fingerprint density at radius 1 is 1.07 bits per heavy atom. The van der Waals surface area contributed by atoms with Gasteiger partial charge in [0.05, 0.1) is 11.6 Å². The Bertz CT molecular complexity index is 665. The van der Waals surface area contributed by atoms with Gasteiger partial charge in [-0.2, -0.15) is 0 Å². The molecular formula is C25H36ClN. The molecule has 2 aliphatic carbocycles. The average Bonchev–Trinajstić information content (AvgIpc) is 2.67. The van der Waals surface area contributed by atoms with Crippen LogP contribution >= 0.6 is 11.6 Å². The zero-order valence-electron chi connectivity index (χ0n) is 17.5. The summed E-state index contributed by atoms with van der Waals surface area (Å²) in [5.41, 5.74) is 2.89. The summed E-state index contributed by atoms with van der Waals surface area (Å²) < 4.78 is 0. The molecular weight excluding hydrogens is 350 g/mol. The highest BCUT2D eigenvalue weighted by Gasteiger charge is 2.27. The fourth-order valence-corrected chi connectivity index (χ4v) is 5.04. The molecule has 0 unspecified atom stereocenters. The third-order valence-electron chi connectivity index (χ3n) is 6.81. The van der Waals surface area contributed by atoms with Gasteiger partial charge in [0.2, 0.25) is 0 Å². The summed E-state index contributed by atoms with van der Waals surface area (Å²) in [4.78, 5) is 2.54. The highest BCUT2D eigenvalue weighted by Crippen LogP contribution is 2.42. The minimum atomic E-state index is 0.509. The van der Waals surface area contributed by atoms with Crippen molar-refractivity contribution in [1.82, 2.24) is 4.90 Å². The SMILES string of the molecule is CCN(CC#Cc1ccc(C2CCC(C)(C)CC2)cc1Cl)C1CCCCC1. The molecule has 2 heteroatoms. The van der Waals surface area contributed by atoms with Crippen molar-refractivity contribution >= 4 is 11.6 Å². The Balaban J connectivity index is 1.60. The molecule has 1 aromatic carbocycles. The molecule has 0 radical (unpaired) electrons. The van der Waals surface area contributed by atoms with Gasteiger partial charge in [-0.25, -0.2) is 0 Å². The molecule has 0 atom stereocenters. The van der Waals surface area contributed by atoms with Crippen molar-refractivity contribution in [2.24, 2.45) is 5.41 Å². The lowest BCUT2D eigenvalue weighted by atomic mass is 9.71. The first kappa shape index (κ1) is 20.8. The third kappa shape index (κ3) is 5.75. The molecule has 2 aliphatic rings. The van der Waals surface area contributed by atoms with Crippen LogP contribution in [0.4, 0.5) is 0 Å². The van der Waals surface area contributed by atoms with E-state index < -0.39 is 0 Å². The second kappa shape index (κ2) is 9.49. The van der Waals surface area contributed by atoms with Crippen LogP contribution in [0.2, 0.25) is 5.02 Å². The lowest BCUT2D eigenvalue weighted by Crippen LogP contribution is -2.36. The summed E-state index contributed by atoms with van der Waals surface area (Å²) in [7, 11) is 0. The van der Waals surface area contributed by atoms with Gasteiger partial charge < -0.3 is 0 Å². The van der Waals surface area contributed by atoms with Crippen LogP contribution in [0.3, 0.4) is 0 Å². The Morgan fingerprint density at radius 3 is 2.41 bits per heavy atom. The molecule has 0 heterocycles. The number of hydrogen-bond acceptors (Lipinski definition) is 1. The molecule has 1 nitrogen and oxygen atoms in total. The van der Waals surface area contributed by atoms with Gasteiger partial charge in [-0.3, -0.25) is 4.90 Å². The lowest BCUT2D eigenvalue weighted by molar-refractivity contribution is 0.183. The Kier molecular flexibility index (Phi) is 7.29. The summed E-state index contributed by atoms with van der Waals surface area (Å²) >= 11 is 6.59. The summed E-state index contributed by atoms with van der Waals surface area (Å²) in [5.74, 6) is 7.39. The van der Waals surface area contributed by atoms with Gasteiger partial charge >= 0.3 is 0 Å². The van der Waals surface area contributed by atoms with Crippen molar-refractivity contribution in [2.45, 2.75) is 90.5 Å². The average molecular weight is 386 g/mol. The third-order valence-corrected chi connectivity index (χ3v) is 7.12. The van der Waals surface area contributed by atoms with Crippen LogP contribution in [0.1, 0.15) is 95.6 Å². The summed E-state index contributed by atoms with van der Waals surface area (Å²) in [6, 6.07) is 7.30. The van der Waals surface area contributed by atoms with Gasteiger partial charge in [-0.15, -0.1) is 0 Å². The second-order valence-corrected chi connectivity index (χ2v) is 9.74. The van der Waals surface area contributed by atoms with Gasteiger partial charge in [0, 0.05) is 11.6 Å². The fraction of sp³-hybridized carbons (Fsp3) is 0.680. The van der Waals surface area contributed by atoms with E-state index in [2.05, 4.69) is 55.7 Å². The first-order valence-corrected chi connectivity index (χ1v) is 11.4. The van der Waals surface area contributed by atoms with E-state index in [1.807, 2.05) is 0 Å². The first-order valence-electron chi connectivity index (χ1n) is 11.0. The molecule has 27 heavy (non-hydrogen) atoms. The zero-order chi connectivity index (χ0) is 19.3. The maximum atomic E-state index is 6.59. The van der Waals surface area contributed by atoms with E-state index in [0.717, 1.165) is 29.7 Å². The summed E-state index contributed by atoms with van der Waals surface area (Å²) in [6.45, 7) is 8.98. The molecule has 0 spiro atoms. The van der Waals surface area contributed by atoms with Crippen LogP contribution in [0.25, 0.3) is 0 Å². The number of benzene rings is 1. The number of nitrogens with zero attached hydrogens (tertiary/aromatic N) is 1. The number of rotatable bonds is 4. The van der Waals surface area contributed by atoms with Crippen LogP contribution in [0.5, 0.6) is 0 Å². The van der Waals surface area contributed by atoms with Crippen molar-refractivity contribution in [3.05, 3.63) is 34.3 Å². The van der Waals surface area contributed by atoms with E-state index in [-0.39, 0.29) is 0 Å². The van der Waals surface area contributed by atoms with Gasteiger partial charge in [-0.05, 0) is 74.1 Å². The highest BCUT2D eigenvalue weighted by atomic mass is 35.5. The van der Waals surface area contributed by atoms with Crippen LogP contribution < -0.4 is 0 Å². The number of hydrogen-bond donors (Lipinski definition) is 0. The molecule has 1 aromatic rings. The maximum absolute atomic E-state index is 6.59. The molecule has 0 amide bonds. The highest BCUT2D eigenvalue weighted by molar-refractivity contribution is 6.31. The largest absolute Gasteiger partial charge is 0.290 e. The molecule has 0 bridgehead atoms. The first-order chi connectivity index (χ1) is 13.0. The fourth-order valence-electron chi connectivity index (χ4n) is 4.80. The van der Waals surface area contributed by atoms with Crippen LogP contribution in [-0.4, -0.2) is 24.0 Å². The molecule has 2 fully saturated rings. The van der Waals surface area contributed by atoms with Crippen molar-refractivity contribution < 1.29 is 0 Å². The Hall–Kier alpha value is -0.970. The smallest absolute Gasteiger partial charge is 0.0607 e. The molecule has 0 aromatic heterocycles. The minimum absolute atomic E-state index is 0.509. The van der Waals surface area contributed by atoms with Crippen molar-refractivity contribution in [3.63, 3.8) is 0 Å². The van der Waals surface area contributed by atoms with E-state index in [0.29, 0.717) is 11.3 Å². The molecule has 3 rings (SSSR count). The zero-order valence-corrected chi connectivity index (χ0v) is 18.2. The molecule has 2 saturated carbocycles. The van der Waals surface area contributed by atoms with E-state index in [9.17, 15) is 0 Å². The van der Waals surface area contributed by atoms with E-state index >= 15 is 0 Å². The van der Waals surface area contributed by atoms with Crippen LogP contribution in [0.15, 0.2) is 18.2 Å². The van der Waals surface area contributed by atoms with E-state index in [4.69, 9.17) is 11.6 Å². The normalized spacial score (nSPS) is 21.1. The monoisotopic (exact) mass is 385 g/mol. The second-order valence-electron chi connectivity index (χ2n) is 9.33. The number of halogens is 1. The van der Waals surface area contributed by atoms with E-state index in [1.54, 1.807) is 0 Å². The summed E-state index contributed by atoms with van der Waals surface area (Å²) in [5, 5.41) is 0.825. The molecule has 148 valence electrons. The van der Waals surface area contributed by atoms with Gasteiger partial charge in [-0.1, -0.05) is 69.5 Å². The Labute approximate surface area is 171 Å². The standard InChI is InChI=1S/C25H36ClN/c1-4-27(23-10-6-5-7-11-23)18-8-9-21-12-13-22(19-24(21)26)20-14-16-25(2,3)17-15-20/h12-13,19-20,23H,4-7,10-11,14-18H2,1-3H3. The molecule has 0 aliphatic heterocycles. The predicted octanol–water partition coefficient (Wildman–Crippen LogP) is 7.03.